The molecule has 0 saturated heterocycles. The third-order valence-electron chi connectivity index (χ3n) is 1.97. The highest BCUT2D eigenvalue weighted by molar-refractivity contribution is 5.13. The van der Waals surface area contributed by atoms with Crippen LogP contribution < -0.4 is 0 Å². The maximum atomic E-state index is 8.47. The second kappa shape index (κ2) is 7.05. The molecule has 1 aromatic rings. The Kier molecular flexibility index (Phi) is 5.54. The van der Waals surface area contributed by atoms with E-state index >= 15 is 0 Å². The zero-order valence-corrected chi connectivity index (χ0v) is 8.94. The van der Waals surface area contributed by atoms with Crippen molar-refractivity contribution in [1.82, 2.24) is 0 Å². The van der Waals surface area contributed by atoms with Crippen molar-refractivity contribution in [2.45, 2.75) is 26.1 Å². The van der Waals surface area contributed by atoms with Crippen molar-refractivity contribution in [2.24, 2.45) is 0 Å². The van der Waals surface area contributed by atoms with E-state index < -0.39 is 0 Å². The summed E-state index contributed by atoms with van der Waals surface area (Å²) in [7, 11) is 0. The Morgan fingerprint density at radius 3 is 2.67 bits per heavy atom. The summed E-state index contributed by atoms with van der Waals surface area (Å²) in [6.45, 7) is 2.52. The van der Waals surface area contributed by atoms with Gasteiger partial charge in [0.05, 0.1) is 12.7 Å². The SMILES string of the molecule is C[C@H](CC#CCO)OCc1ccccc1. The average molecular weight is 204 g/mol. The van der Waals surface area contributed by atoms with E-state index in [0.717, 1.165) is 0 Å². The first-order chi connectivity index (χ1) is 7.33. The fourth-order valence-corrected chi connectivity index (χ4v) is 1.14. The molecule has 2 nitrogen and oxygen atoms in total. The number of hydrogen-bond donors (Lipinski definition) is 1. The molecule has 2 heteroatoms. The summed E-state index contributed by atoms with van der Waals surface area (Å²) in [5, 5.41) is 8.47. The van der Waals surface area contributed by atoms with Crippen LogP contribution in [0.5, 0.6) is 0 Å². The highest BCUT2D eigenvalue weighted by Crippen LogP contribution is 2.04. The number of aliphatic hydroxyl groups excluding tert-OH is 1. The molecular weight excluding hydrogens is 188 g/mol. The van der Waals surface area contributed by atoms with Crippen LogP contribution in [-0.4, -0.2) is 17.8 Å². The van der Waals surface area contributed by atoms with Crippen LogP contribution in [0.4, 0.5) is 0 Å². The molecule has 0 spiro atoms. The molecule has 0 amide bonds. The lowest BCUT2D eigenvalue weighted by Gasteiger charge is -2.09. The maximum absolute atomic E-state index is 8.47. The van der Waals surface area contributed by atoms with Gasteiger partial charge in [-0.1, -0.05) is 42.2 Å². The third-order valence-corrected chi connectivity index (χ3v) is 1.97. The summed E-state index contributed by atoms with van der Waals surface area (Å²) in [5.74, 6) is 5.45. The molecule has 1 N–H and O–H groups in total. The molecule has 0 bridgehead atoms. The largest absolute Gasteiger partial charge is 0.384 e. The summed E-state index contributed by atoms with van der Waals surface area (Å²) in [4.78, 5) is 0. The van der Waals surface area contributed by atoms with Gasteiger partial charge in [0.1, 0.15) is 6.61 Å². The van der Waals surface area contributed by atoms with E-state index in [4.69, 9.17) is 9.84 Å². The Morgan fingerprint density at radius 1 is 1.27 bits per heavy atom. The fraction of sp³-hybridized carbons (Fsp3) is 0.385. The van der Waals surface area contributed by atoms with Crippen molar-refractivity contribution in [2.75, 3.05) is 6.61 Å². The second-order valence-corrected chi connectivity index (χ2v) is 3.32. The van der Waals surface area contributed by atoms with Gasteiger partial charge in [0.25, 0.3) is 0 Å². The highest BCUT2D eigenvalue weighted by Gasteiger charge is 1.99. The van der Waals surface area contributed by atoms with Crippen molar-refractivity contribution in [1.29, 1.82) is 0 Å². The van der Waals surface area contributed by atoms with E-state index in [9.17, 15) is 0 Å². The minimum atomic E-state index is -0.0780. The van der Waals surface area contributed by atoms with Gasteiger partial charge < -0.3 is 9.84 Å². The molecule has 0 heterocycles. The topological polar surface area (TPSA) is 29.5 Å². The van der Waals surface area contributed by atoms with Gasteiger partial charge in [-0.3, -0.25) is 0 Å². The van der Waals surface area contributed by atoms with Crippen LogP contribution in [0.1, 0.15) is 18.9 Å². The molecule has 0 aliphatic heterocycles. The van der Waals surface area contributed by atoms with E-state index in [1.54, 1.807) is 0 Å². The number of aliphatic hydroxyl groups is 1. The molecule has 1 atom stereocenters. The third kappa shape index (κ3) is 5.21. The highest BCUT2D eigenvalue weighted by atomic mass is 16.5. The van der Waals surface area contributed by atoms with Crippen LogP contribution in [0.25, 0.3) is 0 Å². The van der Waals surface area contributed by atoms with Crippen molar-refractivity contribution < 1.29 is 9.84 Å². The Hall–Kier alpha value is -1.30. The predicted octanol–water partition coefficient (Wildman–Crippen LogP) is 1.98. The average Bonchev–Trinajstić information content (AvgIpc) is 2.28. The minimum absolute atomic E-state index is 0.0780. The molecule has 0 unspecified atom stereocenters. The lowest BCUT2D eigenvalue weighted by molar-refractivity contribution is 0.0566. The summed E-state index contributed by atoms with van der Waals surface area (Å²) in [6, 6.07) is 10.0. The summed E-state index contributed by atoms with van der Waals surface area (Å²) < 4.78 is 5.59. The van der Waals surface area contributed by atoms with E-state index in [2.05, 4.69) is 11.8 Å². The van der Waals surface area contributed by atoms with Gasteiger partial charge in [0, 0.05) is 6.42 Å². The molecule has 15 heavy (non-hydrogen) atoms. The van der Waals surface area contributed by atoms with Crippen LogP contribution in [-0.2, 0) is 11.3 Å². The summed E-state index contributed by atoms with van der Waals surface area (Å²) in [5.41, 5.74) is 1.17. The first kappa shape index (κ1) is 11.8. The normalized spacial score (nSPS) is 11.6. The minimum Gasteiger partial charge on any atom is -0.384 e. The summed E-state index contributed by atoms with van der Waals surface area (Å²) >= 11 is 0. The number of rotatable bonds is 4. The van der Waals surface area contributed by atoms with Gasteiger partial charge in [-0.2, -0.15) is 0 Å². The van der Waals surface area contributed by atoms with Gasteiger partial charge in [0.15, 0.2) is 0 Å². The number of benzene rings is 1. The Morgan fingerprint density at radius 2 is 2.00 bits per heavy atom. The second-order valence-electron chi connectivity index (χ2n) is 3.32. The van der Waals surface area contributed by atoms with E-state index in [0.29, 0.717) is 13.0 Å². The van der Waals surface area contributed by atoms with Crippen LogP contribution >= 0.6 is 0 Å². The van der Waals surface area contributed by atoms with Crippen molar-refractivity contribution in [3.63, 3.8) is 0 Å². The van der Waals surface area contributed by atoms with Gasteiger partial charge >= 0.3 is 0 Å². The summed E-state index contributed by atoms with van der Waals surface area (Å²) in [6.07, 6.45) is 0.761. The molecule has 0 aliphatic rings. The fourth-order valence-electron chi connectivity index (χ4n) is 1.14. The molecule has 1 aromatic carbocycles. The lowest BCUT2D eigenvalue weighted by atomic mass is 10.2. The molecule has 0 saturated carbocycles. The monoisotopic (exact) mass is 204 g/mol. The quantitative estimate of drug-likeness (QED) is 0.760. The maximum Gasteiger partial charge on any atom is 0.104 e. The Balaban J connectivity index is 2.25. The smallest absolute Gasteiger partial charge is 0.104 e. The van der Waals surface area contributed by atoms with E-state index in [1.807, 2.05) is 37.3 Å². The Bertz CT molecular complexity index is 321. The first-order valence-electron chi connectivity index (χ1n) is 5.05. The standard InChI is InChI=1S/C13H16O2/c1-12(7-5-6-10-14)15-11-13-8-3-2-4-9-13/h2-4,8-9,12,14H,7,10-11H2,1H3/t12-/m1/s1. The number of hydrogen-bond acceptors (Lipinski definition) is 2. The Labute approximate surface area is 90.9 Å². The zero-order valence-electron chi connectivity index (χ0n) is 8.94. The van der Waals surface area contributed by atoms with E-state index in [1.165, 1.54) is 5.56 Å². The molecule has 0 aromatic heterocycles. The van der Waals surface area contributed by atoms with Crippen molar-refractivity contribution >= 4 is 0 Å². The first-order valence-corrected chi connectivity index (χ1v) is 5.05. The van der Waals surface area contributed by atoms with Crippen molar-refractivity contribution in [3.05, 3.63) is 35.9 Å². The molecule has 0 fully saturated rings. The van der Waals surface area contributed by atoms with Crippen LogP contribution in [0.3, 0.4) is 0 Å². The predicted molar refractivity (Wildman–Crippen MR) is 60.2 cm³/mol. The van der Waals surface area contributed by atoms with Crippen LogP contribution in [0, 0.1) is 11.8 Å². The van der Waals surface area contributed by atoms with Gasteiger partial charge in [-0.15, -0.1) is 0 Å². The number of ether oxygens (including phenoxy) is 1. The van der Waals surface area contributed by atoms with Crippen LogP contribution in [0.2, 0.25) is 0 Å². The van der Waals surface area contributed by atoms with Gasteiger partial charge in [-0.05, 0) is 12.5 Å². The van der Waals surface area contributed by atoms with E-state index in [-0.39, 0.29) is 12.7 Å². The van der Waals surface area contributed by atoms with Gasteiger partial charge in [0.2, 0.25) is 0 Å². The lowest BCUT2D eigenvalue weighted by Crippen LogP contribution is -2.06. The molecule has 0 radical (unpaired) electrons. The zero-order chi connectivity index (χ0) is 10.9. The van der Waals surface area contributed by atoms with Gasteiger partial charge in [-0.25, -0.2) is 0 Å². The molecular formula is C13H16O2. The molecule has 1 rings (SSSR count). The molecule has 80 valence electrons. The van der Waals surface area contributed by atoms with Crippen molar-refractivity contribution in [3.8, 4) is 11.8 Å². The van der Waals surface area contributed by atoms with Crippen LogP contribution in [0.15, 0.2) is 30.3 Å². The molecule has 0 aliphatic carbocycles.